The quantitative estimate of drug-likeness (QED) is 0.389. The van der Waals surface area contributed by atoms with Crippen molar-refractivity contribution in [2.24, 2.45) is 0 Å². The molecule has 0 N–H and O–H groups in total. The van der Waals surface area contributed by atoms with Crippen molar-refractivity contribution < 1.29 is 18.6 Å². The van der Waals surface area contributed by atoms with E-state index in [4.69, 9.17) is 19.2 Å². The molecule has 4 nitrogen and oxygen atoms in total. The molecule has 1 aromatic heterocycles. The topological polar surface area (TPSA) is 40.6 Å². The van der Waals surface area contributed by atoms with Crippen LogP contribution in [0.4, 0.5) is 4.39 Å². The van der Waals surface area contributed by atoms with E-state index >= 15 is 4.39 Å². The molecule has 0 atom stereocenters. The van der Waals surface area contributed by atoms with Crippen LogP contribution in [0.5, 0.6) is 11.5 Å². The van der Waals surface area contributed by atoms with Crippen molar-refractivity contribution in [3.8, 4) is 11.5 Å². The maximum Gasteiger partial charge on any atom is 0.188 e. The summed E-state index contributed by atoms with van der Waals surface area (Å²) in [6.45, 7) is 8.43. The molecule has 0 amide bonds. The van der Waals surface area contributed by atoms with E-state index in [0.717, 1.165) is 28.1 Å². The number of ether oxygens (including phenoxy) is 3. The molecule has 2 aromatic carbocycles. The van der Waals surface area contributed by atoms with E-state index in [-0.39, 0.29) is 24.3 Å². The minimum Gasteiger partial charge on any atom is -0.486 e. The van der Waals surface area contributed by atoms with Crippen molar-refractivity contribution in [1.29, 1.82) is 0 Å². The normalized spacial score (nSPS) is 11.1. The number of hydrogen-bond acceptors (Lipinski definition) is 4. The van der Waals surface area contributed by atoms with Gasteiger partial charge in [-0.2, -0.15) is 0 Å². The van der Waals surface area contributed by atoms with Crippen LogP contribution in [0.3, 0.4) is 0 Å². The zero-order valence-electron chi connectivity index (χ0n) is 18.9. The fourth-order valence-electron chi connectivity index (χ4n) is 3.51. The monoisotopic (exact) mass is 423 g/mol. The second-order valence-corrected chi connectivity index (χ2v) is 7.95. The van der Waals surface area contributed by atoms with Gasteiger partial charge in [0.25, 0.3) is 0 Å². The third-order valence-electron chi connectivity index (χ3n) is 5.24. The van der Waals surface area contributed by atoms with Gasteiger partial charge in [0.2, 0.25) is 0 Å². The fraction of sp³-hybridized carbons (Fsp3) is 0.346. The van der Waals surface area contributed by atoms with E-state index in [2.05, 4.69) is 13.8 Å². The largest absolute Gasteiger partial charge is 0.486 e. The average molecular weight is 424 g/mol. The van der Waals surface area contributed by atoms with Gasteiger partial charge in [-0.05, 0) is 60.2 Å². The fourth-order valence-corrected chi connectivity index (χ4v) is 3.51. The summed E-state index contributed by atoms with van der Waals surface area (Å²) in [6, 6.07) is 15.4. The van der Waals surface area contributed by atoms with Gasteiger partial charge in [0.1, 0.15) is 12.4 Å². The highest BCUT2D eigenvalue weighted by Gasteiger charge is 2.17. The Hall–Kier alpha value is -2.92. The van der Waals surface area contributed by atoms with Gasteiger partial charge < -0.3 is 14.2 Å². The number of hydrogen-bond donors (Lipinski definition) is 0. The first kappa shape index (κ1) is 22.8. The lowest BCUT2D eigenvalue weighted by Gasteiger charge is -2.17. The molecule has 1 heterocycles. The molecule has 0 unspecified atom stereocenters. The number of aromatic nitrogens is 1. The average Bonchev–Trinajstić information content (AvgIpc) is 2.77. The van der Waals surface area contributed by atoms with Crippen molar-refractivity contribution in [3.05, 3.63) is 88.0 Å². The molecule has 3 aromatic rings. The zero-order valence-corrected chi connectivity index (χ0v) is 18.9. The Morgan fingerprint density at radius 1 is 0.968 bits per heavy atom. The summed E-state index contributed by atoms with van der Waals surface area (Å²) in [4.78, 5) is 4.80. The number of rotatable bonds is 9. The lowest BCUT2D eigenvalue weighted by atomic mass is 9.96. The Balaban J connectivity index is 1.83. The van der Waals surface area contributed by atoms with Crippen molar-refractivity contribution in [1.82, 2.24) is 4.98 Å². The summed E-state index contributed by atoms with van der Waals surface area (Å²) < 4.78 is 31.5. The summed E-state index contributed by atoms with van der Waals surface area (Å²) in [5.41, 5.74) is 5.25. The van der Waals surface area contributed by atoms with Gasteiger partial charge in [-0.1, -0.05) is 44.2 Å². The Labute approximate surface area is 184 Å². The van der Waals surface area contributed by atoms with Crippen LogP contribution in [0, 0.1) is 19.7 Å². The van der Waals surface area contributed by atoms with E-state index < -0.39 is 0 Å². The van der Waals surface area contributed by atoms with E-state index in [1.165, 1.54) is 0 Å². The van der Waals surface area contributed by atoms with Gasteiger partial charge in [-0.3, -0.25) is 4.98 Å². The van der Waals surface area contributed by atoms with Crippen LogP contribution in [-0.4, -0.2) is 18.9 Å². The van der Waals surface area contributed by atoms with Crippen LogP contribution >= 0.6 is 0 Å². The smallest absolute Gasteiger partial charge is 0.188 e. The third-order valence-corrected chi connectivity index (χ3v) is 5.24. The van der Waals surface area contributed by atoms with Crippen LogP contribution in [0.2, 0.25) is 0 Å². The lowest BCUT2D eigenvalue weighted by Crippen LogP contribution is -2.08. The second kappa shape index (κ2) is 10.4. The number of halogens is 1. The van der Waals surface area contributed by atoms with Crippen molar-refractivity contribution in [3.63, 3.8) is 0 Å². The summed E-state index contributed by atoms with van der Waals surface area (Å²) in [6.07, 6.45) is 0.540. The third kappa shape index (κ3) is 5.61. The van der Waals surface area contributed by atoms with Gasteiger partial charge >= 0.3 is 0 Å². The first-order valence-electron chi connectivity index (χ1n) is 10.5. The highest BCUT2D eigenvalue weighted by molar-refractivity contribution is 5.45. The number of benzene rings is 2. The molecule has 0 fully saturated rings. The van der Waals surface area contributed by atoms with Gasteiger partial charge in [-0.15, -0.1) is 0 Å². The highest BCUT2D eigenvalue weighted by Crippen LogP contribution is 2.30. The van der Waals surface area contributed by atoms with Crippen LogP contribution in [0.1, 0.15) is 53.4 Å². The molecule has 0 bridgehead atoms. The second-order valence-electron chi connectivity index (χ2n) is 7.95. The Bertz CT molecular complexity index is 1020. The molecule has 0 aliphatic rings. The Kier molecular flexibility index (Phi) is 7.64. The maximum atomic E-state index is 15.1. The standard InChI is InChI=1S/C26H30FNO3/c1-17(2)26-23(31-16-29-5)12-11-21(28-26)14-22-18(3)13-24(25(27)19(22)4)30-15-20-9-7-6-8-10-20/h6-13,17H,14-16H2,1-5H3. The van der Waals surface area contributed by atoms with Gasteiger partial charge in [0, 0.05) is 19.2 Å². The van der Waals surface area contributed by atoms with E-state index in [1.54, 1.807) is 20.1 Å². The van der Waals surface area contributed by atoms with Crippen molar-refractivity contribution in [2.75, 3.05) is 13.9 Å². The number of aryl methyl sites for hydroxylation is 1. The number of methoxy groups -OCH3 is 1. The van der Waals surface area contributed by atoms with Gasteiger partial charge in [-0.25, -0.2) is 4.39 Å². The van der Waals surface area contributed by atoms with Crippen LogP contribution in [-0.2, 0) is 17.8 Å². The molecular formula is C26H30FNO3. The highest BCUT2D eigenvalue weighted by atomic mass is 19.1. The molecule has 164 valence electrons. The predicted octanol–water partition coefficient (Wildman–Crippen LogP) is 6.11. The molecule has 0 spiro atoms. The van der Waals surface area contributed by atoms with Gasteiger partial charge in [0.15, 0.2) is 18.4 Å². The summed E-state index contributed by atoms with van der Waals surface area (Å²) in [7, 11) is 1.59. The first-order valence-corrected chi connectivity index (χ1v) is 10.5. The Morgan fingerprint density at radius 3 is 2.39 bits per heavy atom. The molecule has 31 heavy (non-hydrogen) atoms. The van der Waals surface area contributed by atoms with Crippen LogP contribution < -0.4 is 9.47 Å². The molecule has 5 heteroatoms. The Morgan fingerprint density at radius 2 is 1.71 bits per heavy atom. The molecule has 0 radical (unpaired) electrons. The van der Waals surface area contributed by atoms with E-state index in [1.807, 2.05) is 49.4 Å². The predicted molar refractivity (Wildman–Crippen MR) is 120 cm³/mol. The minimum atomic E-state index is -0.319. The summed E-state index contributed by atoms with van der Waals surface area (Å²) >= 11 is 0. The van der Waals surface area contributed by atoms with E-state index in [9.17, 15) is 0 Å². The lowest BCUT2D eigenvalue weighted by molar-refractivity contribution is 0.0499. The minimum absolute atomic E-state index is 0.175. The molecule has 0 aliphatic carbocycles. The SMILES string of the molecule is COCOc1ccc(Cc2c(C)cc(OCc3ccccc3)c(F)c2C)nc1C(C)C. The molecule has 0 saturated heterocycles. The van der Waals surface area contributed by atoms with Crippen molar-refractivity contribution in [2.45, 2.75) is 46.6 Å². The van der Waals surface area contributed by atoms with Gasteiger partial charge in [0.05, 0.1) is 5.69 Å². The molecule has 0 saturated carbocycles. The summed E-state index contributed by atoms with van der Waals surface area (Å²) in [5.74, 6) is 0.867. The maximum absolute atomic E-state index is 15.1. The summed E-state index contributed by atoms with van der Waals surface area (Å²) in [5, 5.41) is 0. The van der Waals surface area contributed by atoms with Crippen molar-refractivity contribution >= 4 is 0 Å². The van der Waals surface area contributed by atoms with Crippen LogP contribution in [0.15, 0.2) is 48.5 Å². The first-order chi connectivity index (χ1) is 14.9. The van der Waals surface area contributed by atoms with E-state index in [0.29, 0.717) is 24.3 Å². The van der Waals surface area contributed by atoms with Crippen LogP contribution in [0.25, 0.3) is 0 Å². The molecule has 0 aliphatic heterocycles. The number of nitrogens with zero attached hydrogens (tertiary/aromatic N) is 1. The molecule has 3 rings (SSSR count). The zero-order chi connectivity index (χ0) is 22.4. The molecular weight excluding hydrogens is 393 g/mol. The number of pyridine rings is 1.